The summed E-state index contributed by atoms with van der Waals surface area (Å²) < 4.78 is 0. The van der Waals surface area contributed by atoms with Gasteiger partial charge in [0.05, 0.1) is 4.92 Å². The number of hydrazine groups is 1. The van der Waals surface area contributed by atoms with Gasteiger partial charge < -0.3 is 10.7 Å². The minimum atomic E-state index is -0.556. The average molecular weight is 210 g/mol. The van der Waals surface area contributed by atoms with Crippen molar-refractivity contribution in [2.45, 2.75) is 18.9 Å². The molecule has 8 nitrogen and oxygen atoms in total. The highest BCUT2D eigenvalue weighted by Gasteiger charge is 2.28. The predicted molar refractivity (Wildman–Crippen MR) is 53.1 cm³/mol. The highest BCUT2D eigenvalue weighted by atomic mass is 16.6. The molecule has 0 saturated heterocycles. The van der Waals surface area contributed by atoms with E-state index >= 15 is 0 Å². The Balaban J connectivity index is 2.37. The molecule has 4 N–H and O–H groups in total. The van der Waals surface area contributed by atoms with Crippen LogP contribution in [0, 0.1) is 10.1 Å². The molecule has 0 radical (unpaired) electrons. The monoisotopic (exact) mass is 210 g/mol. The summed E-state index contributed by atoms with van der Waals surface area (Å²) in [6, 6.07) is 0.282. The maximum absolute atomic E-state index is 10.8. The summed E-state index contributed by atoms with van der Waals surface area (Å²) in [5.41, 5.74) is 1.96. The molecule has 0 aromatic carbocycles. The van der Waals surface area contributed by atoms with Gasteiger partial charge >= 0.3 is 5.69 Å². The van der Waals surface area contributed by atoms with Crippen molar-refractivity contribution in [1.82, 2.24) is 9.97 Å². The second-order valence-electron chi connectivity index (χ2n) is 3.24. The van der Waals surface area contributed by atoms with E-state index in [9.17, 15) is 10.1 Å². The van der Waals surface area contributed by atoms with Gasteiger partial charge in [-0.1, -0.05) is 0 Å². The third-order valence-electron chi connectivity index (χ3n) is 2.06. The quantitative estimate of drug-likeness (QED) is 0.370. The van der Waals surface area contributed by atoms with Crippen LogP contribution in [0.1, 0.15) is 12.8 Å². The number of nitrogen functional groups attached to an aromatic ring is 1. The molecule has 1 aromatic rings. The fraction of sp³-hybridized carbons (Fsp3) is 0.429. The van der Waals surface area contributed by atoms with E-state index in [1.807, 2.05) is 0 Å². The summed E-state index contributed by atoms with van der Waals surface area (Å²) >= 11 is 0. The first-order valence-electron chi connectivity index (χ1n) is 4.45. The van der Waals surface area contributed by atoms with Crippen LogP contribution in [0.15, 0.2) is 6.33 Å². The molecule has 1 heterocycles. The number of anilines is 2. The van der Waals surface area contributed by atoms with Gasteiger partial charge in [0, 0.05) is 6.04 Å². The van der Waals surface area contributed by atoms with E-state index in [2.05, 4.69) is 20.7 Å². The third kappa shape index (κ3) is 1.94. The van der Waals surface area contributed by atoms with Gasteiger partial charge in [-0.3, -0.25) is 10.1 Å². The number of nitrogens with zero attached hydrogens (tertiary/aromatic N) is 3. The molecule has 1 saturated carbocycles. The fourth-order valence-electron chi connectivity index (χ4n) is 1.18. The Morgan fingerprint density at radius 1 is 1.47 bits per heavy atom. The molecular formula is C7H10N6O2. The molecule has 1 aromatic heterocycles. The van der Waals surface area contributed by atoms with Crippen molar-refractivity contribution < 1.29 is 4.92 Å². The van der Waals surface area contributed by atoms with E-state index in [0.717, 1.165) is 12.8 Å². The van der Waals surface area contributed by atoms with Crippen LogP contribution in [0.5, 0.6) is 0 Å². The van der Waals surface area contributed by atoms with Crippen LogP contribution in [-0.4, -0.2) is 20.9 Å². The van der Waals surface area contributed by atoms with Crippen molar-refractivity contribution in [3.8, 4) is 0 Å². The Hall–Kier alpha value is -1.96. The zero-order chi connectivity index (χ0) is 10.8. The Kier molecular flexibility index (Phi) is 2.34. The molecule has 1 fully saturated rings. The van der Waals surface area contributed by atoms with E-state index in [0.29, 0.717) is 0 Å². The van der Waals surface area contributed by atoms with Gasteiger partial charge in [0.15, 0.2) is 0 Å². The predicted octanol–water partition coefficient (Wildman–Crippen LogP) is 0.245. The zero-order valence-electron chi connectivity index (χ0n) is 7.80. The minimum Gasteiger partial charge on any atom is -0.361 e. The van der Waals surface area contributed by atoms with Crippen molar-refractivity contribution in [3.63, 3.8) is 0 Å². The van der Waals surface area contributed by atoms with Crippen LogP contribution in [0.25, 0.3) is 0 Å². The molecule has 1 aliphatic carbocycles. The maximum Gasteiger partial charge on any atom is 0.354 e. The van der Waals surface area contributed by atoms with Crippen molar-refractivity contribution in [1.29, 1.82) is 0 Å². The van der Waals surface area contributed by atoms with Gasteiger partial charge in [-0.2, -0.15) is 0 Å². The molecule has 2 rings (SSSR count). The van der Waals surface area contributed by atoms with Crippen LogP contribution < -0.4 is 16.6 Å². The largest absolute Gasteiger partial charge is 0.361 e. The lowest BCUT2D eigenvalue weighted by atomic mass is 10.4. The topological polar surface area (TPSA) is 119 Å². The number of aromatic nitrogens is 2. The Labute approximate surface area is 85.0 Å². The van der Waals surface area contributed by atoms with Crippen molar-refractivity contribution in [2.75, 3.05) is 10.7 Å². The van der Waals surface area contributed by atoms with Crippen molar-refractivity contribution in [3.05, 3.63) is 16.4 Å². The SMILES string of the molecule is NNc1ncnc(NC2CC2)c1[N+](=O)[O-]. The third-order valence-corrected chi connectivity index (χ3v) is 2.06. The van der Waals surface area contributed by atoms with E-state index in [-0.39, 0.29) is 23.4 Å². The summed E-state index contributed by atoms with van der Waals surface area (Å²) in [7, 11) is 0. The minimum absolute atomic E-state index is 0.0122. The van der Waals surface area contributed by atoms with Gasteiger partial charge in [0.2, 0.25) is 11.6 Å². The molecule has 15 heavy (non-hydrogen) atoms. The van der Waals surface area contributed by atoms with Crippen LogP contribution in [0.2, 0.25) is 0 Å². The number of hydrogen-bond donors (Lipinski definition) is 3. The van der Waals surface area contributed by atoms with Crippen molar-refractivity contribution in [2.24, 2.45) is 5.84 Å². The molecule has 0 unspecified atom stereocenters. The van der Waals surface area contributed by atoms with Crippen molar-refractivity contribution >= 4 is 17.3 Å². The van der Waals surface area contributed by atoms with Crippen LogP contribution in [0.3, 0.4) is 0 Å². The smallest absolute Gasteiger partial charge is 0.354 e. The summed E-state index contributed by atoms with van der Waals surface area (Å²) in [5, 5.41) is 13.7. The molecule has 80 valence electrons. The standard InChI is InChI=1S/C7H10N6O2/c8-12-7-5(13(14)15)6(9-3-10-7)11-4-1-2-4/h3-4H,1-2,8H2,(H2,9,10,11,12). The number of nitro groups is 1. The molecule has 0 bridgehead atoms. The highest BCUT2D eigenvalue weighted by Crippen LogP contribution is 2.32. The summed E-state index contributed by atoms with van der Waals surface area (Å²) in [6.07, 6.45) is 3.24. The number of nitrogens with two attached hydrogens (primary N) is 1. The average Bonchev–Trinajstić information content (AvgIpc) is 3.01. The number of hydrogen-bond acceptors (Lipinski definition) is 7. The van der Waals surface area contributed by atoms with Crippen LogP contribution >= 0.6 is 0 Å². The van der Waals surface area contributed by atoms with Gasteiger partial charge in [-0.05, 0) is 12.8 Å². The first-order valence-corrected chi connectivity index (χ1v) is 4.45. The van der Waals surface area contributed by atoms with Gasteiger partial charge in [-0.15, -0.1) is 0 Å². The molecule has 8 heteroatoms. The summed E-state index contributed by atoms with van der Waals surface area (Å²) in [5.74, 6) is 5.36. The first kappa shape index (κ1) is 9.59. The molecule has 0 amide bonds. The lowest BCUT2D eigenvalue weighted by Crippen LogP contribution is -2.14. The number of nitrogens with one attached hydrogen (secondary N) is 2. The van der Waals surface area contributed by atoms with E-state index in [4.69, 9.17) is 5.84 Å². The Bertz CT molecular complexity index is 391. The Morgan fingerprint density at radius 3 is 2.67 bits per heavy atom. The molecule has 0 atom stereocenters. The first-order chi connectivity index (χ1) is 7.22. The second kappa shape index (κ2) is 3.65. The molecular weight excluding hydrogens is 200 g/mol. The number of rotatable bonds is 4. The lowest BCUT2D eigenvalue weighted by Gasteiger charge is -2.06. The summed E-state index contributed by atoms with van der Waals surface area (Å²) in [6.45, 7) is 0. The van der Waals surface area contributed by atoms with E-state index in [1.54, 1.807) is 0 Å². The summed E-state index contributed by atoms with van der Waals surface area (Å²) in [4.78, 5) is 17.7. The lowest BCUT2D eigenvalue weighted by molar-refractivity contribution is -0.383. The Morgan fingerprint density at radius 2 is 2.13 bits per heavy atom. The van der Waals surface area contributed by atoms with Gasteiger partial charge in [-0.25, -0.2) is 15.8 Å². The maximum atomic E-state index is 10.8. The molecule has 0 spiro atoms. The molecule has 1 aliphatic rings. The van der Waals surface area contributed by atoms with Gasteiger partial charge in [0.1, 0.15) is 6.33 Å². The second-order valence-corrected chi connectivity index (χ2v) is 3.24. The van der Waals surface area contributed by atoms with Crippen LogP contribution in [0.4, 0.5) is 17.3 Å². The highest BCUT2D eigenvalue weighted by molar-refractivity contribution is 5.69. The van der Waals surface area contributed by atoms with Gasteiger partial charge in [0.25, 0.3) is 0 Å². The zero-order valence-corrected chi connectivity index (χ0v) is 7.80. The van der Waals surface area contributed by atoms with E-state index in [1.165, 1.54) is 6.33 Å². The fourth-order valence-corrected chi connectivity index (χ4v) is 1.18. The van der Waals surface area contributed by atoms with E-state index < -0.39 is 4.92 Å². The van der Waals surface area contributed by atoms with Crippen LogP contribution in [-0.2, 0) is 0 Å². The normalized spacial score (nSPS) is 14.7. The molecule has 0 aliphatic heterocycles.